The van der Waals surface area contributed by atoms with Crippen molar-refractivity contribution in [3.8, 4) is 0 Å². The van der Waals surface area contributed by atoms with Crippen molar-refractivity contribution in [2.75, 3.05) is 5.09 Å². The molecule has 0 aliphatic rings. The van der Waals surface area contributed by atoms with E-state index in [9.17, 15) is 9.36 Å². The zero-order chi connectivity index (χ0) is 21.7. The number of rotatable bonds is 7. The summed E-state index contributed by atoms with van der Waals surface area (Å²) in [6.07, 6.45) is 0. The molecule has 0 saturated heterocycles. The van der Waals surface area contributed by atoms with Gasteiger partial charge in [-0.25, -0.2) is 4.98 Å². The third-order valence-electron chi connectivity index (χ3n) is 4.10. The molecule has 4 nitrogen and oxygen atoms in total. The van der Waals surface area contributed by atoms with Gasteiger partial charge in [-0.15, -0.1) is 0 Å². The van der Waals surface area contributed by atoms with Crippen molar-refractivity contribution in [3.63, 3.8) is 0 Å². The normalized spacial score (nSPS) is 12.7. The first-order chi connectivity index (χ1) is 14.3. The number of halogens is 2. The third kappa shape index (κ3) is 5.71. The van der Waals surface area contributed by atoms with Crippen molar-refractivity contribution >= 4 is 62.8 Å². The van der Waals surface area contributed by atoms with Gasteiger partial charge in [-0.05, 0) is 18.1 Å². The second-order valence-electron chi connectivity index (χ2n) is 6.50. The summed E-state index contributed by atoms with van der Waals surface area (Å²) in [5.41, 5.74) is 2.04. The Morgan fingerprint density at radius 3 is 1.83 bits per heavy atom. The molecule has 0 spiro atoms. The molecular weight excluding hydrogens is 458 g/mol. The van der Waals surface area contributed by atoms with Crippen molar-refractivity contribution in [1.82, 2.24) is 4.98 Å². The van der Waals surface area contributed by atoms with Crippen LogP contribution < -0.4 is 5.09 Å². The van der Waals surface area contributed by atoms with Crippen LogP contribution in [0.2, 0.25) is 0 Å². The van der Waals surface area contributed by atoms with Gasteiger partial charge in [-0.2, -0.15) is 0 Å². The lowest BCUT2D eigenvalue weighted by atomic mass is 10.2. The fourth-order valence-electron chi connectivity index (χ4n) is 2.70. The maximum absolute atomic E-state index is 13.9. The molecule has 0 bridgehead atoms. The lowest BCUT2D eigenvalue weighted by molar-refractivity contribution is 0.102. The van der Waals surface area contributed by atoms with Gasteiger partial charge in [0.15, 0.2) is 10.9 Å². The molecular formula is C22H19Cl2N2O2PS. The van der Waals surface area contributed by atoms with E-state index in [-0.39, 0.29) is 5.78 Å². The maximum atomic E-state index is 13.9. The zero-order valence-electron chi connectivity index (χ0n) is 16.3. The average molecular weight is 477 g/mol. The molecule has 0 aliphatic heterocycles. The van der Waals surface area contributed by atoms with E-state index in [1.165, 1.54) is 18.6 Å². The lowest BCUT2D eigenvalue weighted by Crippen LogP contribution is -1.94. The number of Topliss-reactive ketones (excluding diaryl/α,β-unsaturated/α-hetero) is 1. The Bertz CT molecular complexity index is 1100. The van der Waals surface area contributed by atoms with Crippen LogP contribution >= 0.6 is 41.8 Å². The van der Waals surface area contributed by atoms with Crippen LogP contribution in [-0.2, 0) is 4.57 Å². The predicted molar refractivity (Wildman–Crippen MR) is 129 cm³/mol. The molecule has 1 aromatic heterocycles. The van der Waals surface area contributed by atoms with E-state index in [0.29, 0.717) is 25.8 Å². The maximum Gasteiger partial charge on any atom is 0.217 e. The molecule has 0 fully saturated rings. The Labute approximate surface area is 189 Å². The highest BCUT2D eigenvalue weighted by atomic mass is 35.5. The number of ketones is 1. The van der Waals surface area contributed by atoms with Crippen molar-refractivity contribution in [3.05, 3.63) is 94.0 Å². The van der Waals surface area contributed by atoms with Gasteiger partial charge >= 0.3 is 0 Å². The van der Waals surface area contributed by atoms with Crippen LogP contribution in [0.1, 0.15) is 33.4 Å². The van der Waals surface area contributed by atoms with E-state index in [0.717, 1.165) is 22.5 Å². The first kappa shape index (κ1) is 22.5. The molecule has 30 heavy (non-hydrogen) atoms. The van der Waals surface area contributed by atoms with Gasteiger partial charge in [-0.1, -0.05) is 95.2 Å². The van der Waals surface area contributed by atoms with Crippen LogP contribution in [0.15, 0.2) is 72.3 Å². The number of carbonyl (C=O) groups is 1. The number of carbonyl (C=O) groups excluding carboxylic acids is 1. The Morgan fingerprint density at radius 2 is 1.43 bits per heavy atom. The largest absolute Gasteiger partial charge is 0.306 e. The second kappa shape index (κ2) is 9.76. The average Bonchev–Trinajstić information content (AvgIpc) is 3.09. The zero-order valence-corrected chi connectivity index (χ0v) is 19.5. The van der Waals surface area contributed by atoms with E-state index in [4.69, 9.17) is 23.2 Å². The topological polar surface area (TPSA) is 59.1 Å². The number of aryl methyl sites for hydroxylation is 1. The van der Waals surface area contributed by atoms with Gasteiger partial charge in [0.05, 0.1) is 20.6 Å². The number of thiazole rings is 1. The summed E-state index contributed by atoms with van der Waals surface area (Å²) >= 11 is 14.1. The summed E-state index contributed by atoms with van der Waals surface area (Å²) in [6, 6.07) is 18.4. The van der Waals surface area contributed by atoms with E-state index >= 15 is 0 Å². The number of aromatic nitrogens is 1. The third-order valence-corrected chi connectivity index (χ3v) is 8.22. The smallest absolute Gasteiger partial charge is 0.217 e. The Hall–Kier alpha value is -2.17. The summed E-state index contributed by atoms with van der Waals surface area (Å²) in [4.78, 5) is 16.6. The standard InChI is InChI=1S/C22H19Cl2N2O2PS/c1-15-21(16(2)27)30-22(25-15)26-29(28,13-19(23)17-9-5-3-6-10-17)14-20(24)18-11-7-4-8-12-18/h3-14H,1-2H3,(H,25,26,28)/b19-13-,20-14-. The van der Waals surface area contributed by atoms with Crippen LogP contribution in [0.4, 0.5) is 5.13 Å². The fraction of sp³-hybridized carbons (Fsp3) is 0.0909. The highest BCUT2D eigenvalue weighted by molar-refractivity contribution is 7.72. The molecule has 0 unspecified atom stereocenters. The van der Waals surface area contributed by atoms with E-state index in [1.807, 2.05) is 60.7 Å². The number of nitrogens with zero attached hydrogens (tertiary/aromatic N) is 1. The highest BCUT2D eigenvalue weighted by Gasteiger charge is 2.22. The quantitative estimate of drug-likeness (QED) is 0.278. The summed E-state index contributed by atoms with van der Waals surface area (Å²) in [5.74, 6) is 2.82. The van der Waals surface area contributed by atoms with Crippen LogP contribution in [0.5, 0.6) is 0 Å². The van der Waals surface area contributed by atoms with E-state index in [2.05, 4.69) is 10.1 Å². The van der Waals surface area contributed by atoms with Gasteiger partial charge < -0.3 is 5.09 Å². The fourth-order valence-corrected chi connectivity index (χ4v) is 6.67. The van der Waals surface area contributed by atoms with Crippen molar-refractivity contribution in [1.29, 1.82) is 0 Å². The van der Waals surface area contributed by atoms with Gasteiger partial charge in [0.2, 0.25) is 7.29 Å². The summed E-state index contributed by atoms with van der Waals surface area (Å²) < 4.78 is 13.9. The van der Waals surface area contributed by atoms with Crippen LogP contribution in [0, 0.1) is 6.92 Å². The molecule has 8 heteroatoms. The molecule has 2 aromatic carbocycles. The van der Waals surface area contributed by atoms with E-state index in [1.54, 1.807) is 6.92 Å². The summed E-state index contributed by atoms with van der Waals surface area (Å²) in [7, 11) is -3.42. The van der Waals surface area contributed by atoms with Gasteiger partial charge in [0, 0.05) is 18.6 Å². The molecule has 3 rings (SSSR count). The first-order valence-corrected chi connectivity index (χ1v) is 12.4. The van der Waals surface area contributed by atoms with Gasteiger partial charge in [-0.3, -0.25) is 9.36 Å². The molecule has 0 saturated carbocycles. The Kier molecular flexibility index (Phi) is 7.32. The second-order valence-corrected chi connectivity index (χ2v) is 10.5. The SMILES string of the molecule is CC(=O)c1sc(NP(=O)(/C=C(\Cl)c2ccccc2)/C=C(\Cl)c2ccccc2)nc1C. The van der Waals surface area contributed by atoms with Crippen LogP contribution in [-0.4, -0.2) is 10.8 Å². The van der Waals surface area contributed by atoms with Crippen molar-refractivity contribution in [2.45, 2.75) is 13.8 Å². The number of nitrogens with one attached hydrogen (secondary N) is 1. The minimum atomic E-state index is -3.42. The molecule has 1 heterocycles. The number of anilines is 1. The summed E-state index contributed by atoms with van der Waals surface area (Å²) in [5, 5.41) is 3.97. The minimum Gasteiger partial charge on any atom is -0.306 e. The lowest BCUT2D eigenvalue weighted by Gasteiger charge is -2.13. The van der Waals surface area contributed by atoms with Crippen molar-refractivity contribution < 1.29 is 9.36 Å². The number of benzene rings is 2. The molecule has 3 aromatic rings. The Balaban J connectivity index is 2.05. The van der Waals surface area contributed by atoms with Crippen LogP contribution in [0.25, 0.3) is 10.1 Å². The first-order valence-electron chi connectivity index (χ1n) is 9.01. The minimum absolute atomic E-state index is 0.0939. The summed E-state index contributed by atoms with van der Waals surface area (Å²) in [6.45, 7) is 3.21. The molecule has 0 aliphatic carbocycles. The number of hydrogen-bond donors (Lipinski definition) is 1. The van der Waals surface area contributed by atoms with Gasteiger partial charge in [0.1, 0.15) is 0 Å². The van der Waals surface area contributed by atoms with Crippen LogP contribution in [0.3, 0.4) is 0 Å². The predicted octanol–water partition coefficient (Wildman–Crippen LogP) is 7.82. The van der Waals surface area contributed by atoms with E-state index < -0.39 is 7.29 Å². The van der Waals surface area contributed by atoms with Crippen molar-refractivity contribution in [2.24, 2.45) is 0 Å². The molecule has 1 N–H and O–H groups in total. The van der Waals surface area contributed by atoms with Gasteiger partial charge in [0.25, 0.3) is 0 Å². The molecule has 0 atom stereocenters. The Morgan fingerprint density at radius 1 is 0.967 bits per heavy atom. The molecule has 0 amide bonds. The highest BCUT2D eigenvalue weighted by Crippen LogP contribution is 2.54. The monoisotopic (exact) mass is 476 g/mol. The number of hydrogen-bond acceptors (Lipinski definition) is 4. The molecule has 0 radical (unpaired) electrons. The molecule has 154 valence electrons.